The van der Waals surface area contributed by atoms with E-state index < -0.39 is 0 Å². The largest absolute Gasteiger partial charge is 0.308 e. The van der Waals surface area contributed by atoms with Crippen LogP contribution in [0, 0.1) is 5.92 Å². The quantitative estimate of drug-likeness (QED) is 0.904. The molecule has 1 aromatic carbocycles. The van der Waals surface area contributed by atoms with Gasteiger partial charge in [0.25, 0.3) is 0 Å². The van der Waals surface area contributed by atoms with E-state index in [-0.39, 0.29) is 11.1 Å². The first-order valence-corrected chi connectivity index (χ1v) is 8.05. The van der Waals surface area contributed by atoms with Gasteiger partial charge in [-0.2, -0.15) is 0 Å². The first kappa shape index (κ1) is 14.1. The maximum atomic E-state index is 3.74. The first-order valence-electron chi connectivity index (χ1n) is 8.05. The van der Waals surface area contributed by atoms with Crippen LogP contribution >= 0.6 is 0 Å². The lowest BCUT2D eigenvalue weighted by Crippen LogP contribution is -2.65. The van der Waals surface area contributed by atoms with Crippen LogP contribution in [0.25, 0.3) is 0 Å². The molecule has 1 N–H and O–H groups in total. The standard InChI is InChI=1S/C18H28N2/c1-17(2)14-20(12-11-15-9-10-15)18(3,13-19-17)16-7-5-4-6-8-16/h4-8,15,19H,9-14H2,1-3H3. The van der Waals surface area contributed by atoms with Crippen LogP contribution in [0.15, 0.2) is 30.3 Å². The van der Waals surface area contributed by atoms with Crippen LogP contribution in [0.1, 0.15) is 45.6 Å². The molecule has 1 atom stereocenters. The highest BCUT2D eigenvalue weighted by Gasteiger charge is 2.42. The van der Waals surface area contributed by atoms with Crippen molar-refractivity contribution in [3.8, 4) is 0 Å². The third-order valence-electron chi connectivity index (χ3n) is 5.10. The molecular formula is C18H28N2. The normalized spacial score (nSPS) is 30.4. The van der Waals surface area contributed by atoms with E-state index in [0.717, 1.165) is 19.0 Å². The SMILES string of the molecule is CC1(C)CN(CCC2CC2)C(C)(c2ccccc2)CN1. The number of benzene rings is 1. The average Bonchev–Trinajstić information content (AvgIpc) is 3.25. The molecule has 20 heavy (non-hydrogen) atoms. The van der Waals surface area contributed by atoms with Crippen molar-refractivity contribution in [1.82, 2.24) is 10.2 Å². The van der Waals surface area contributed by atoms with Crippen molar-refractivity contribution in [1.29, 1.82) is 0 Å². The molecule has 1 aromatic rings. The van der Waals surface area contributed by atoms with Crippen molar-refractivity contribution in [2.45, 2.75) is 51.1 Å². The molecule has 0 aromatic heterocycles. The van der Waals surface area contributed by atoms with E-state index in [1.54, 1.807) is 0 Å². The Labute approximate surface area is 123 Å². The molecule has 1 heterocycles. The Morgan fingerprint density at radius 2 is 1.85 bits per heavy atom. The summed E-state index contributed by atoms with van der Waals surface area (Å²) < 4.78 is 0. The molecule has 1 aliphatic carbocycles. The monoisotopic (exact) mass is 272 g/mol. The fourth-order valence-electron chi connectivity index (χ4n) is 3.38. The van der Waals surface area contributed by atoms with Gasteiger partial charge < -0.3 is 5.32 Å². The number of piperazine rings is 1. The zero-order valence-corrected chi connectivity index (χ0v) is 13.2. The van der Waals surface area contributed by atoms with E-state index in [2.05, 4.69) is 61.3 Å². The predicted octanol–water partition coefficient (Wildman–Crippen LogP) is 3.39. The van der Waals surface area contributed by atoms with Crippen LogP contribution in [0.5, 0.6) is 0 Å². The number of hydrogen-bond donors (Lipinski definition) is 1. The molecule has 1 aliphatic heterocycles. The van der Waals surface area contributed by atoms with Gasteiger partial charge in [0, 0.05) is 18.6 Å². The van der Waals surface area contributed by atoms with E-state index in [1.165, 1.54) is 31.4 Å². The summed E-state index contributed by atoms with van der Waals surface area (Å²) in [6.45, 7) is 10.4. The second kappa shape index (κ2) is 5.16. The maximum absolute atomic E-state index is 3.74. The maximum Gasteiger partial charge on any atom is 0.0558 e. The summed E-state index contributed by atoms with van der Waals surface area (Å²) in [5.41, 5.74) is 1.79. The van der Waals surface area contributed by atoms with Crippen molar-refractivity contribution in [3.05, 3.63) is 35.9 Å². The molecule has 0 amide bonds. The summed E-state index contributed by atoms with van der Waals surface area (Å²) in [4.78, 5) is 2.72. The van der Waals surface area contributed by atoms with Gasteiger partial charge in [0.2, 0.25) is 0 Å². The molecule has 2 nitrogen and oxygen atoms in total. The average molecular weight is 272 g/mol. The Hall–Kier alpha value is -0.860. The zero-order valence-electron chi connectivity index (χ0n) is 13.2. The van der Waals surface area contributed by atoms with Gasteiger partial charge in [-0.25, -0.2) is 0 Å². The van der Waals surface area contributed by atoms with Gasteiger partial charge in [-0.1, -0.05) is 43.2 Å². The highest BCUT2D eigenvalue weighted by atomic mass is 15.3. The number of hydrogen-bond acceptors (Lipinski definition) is 2. The lowest BCUT2D eigenvalue weighted by Gasteiger charge is -2.51. The Morgan fingerprint density at radius 1 is 1.15 bits per heavy atom. The summed E-state index contributed by atoms with van der Waals surface area (Å²) in [6, 6.07) is 11.0. The minimum atomic E-state index is 0.131. The van der Waals surface area contributed by atoms with Crippen molar-refractivity contribution in [3.63, 3.8) is 0 Å². The Kier molecular flexibility index (Phi) is 3.64. The second-order valence-electron chi connectivity index (χ2n) is 7.53. The number of rotatable bonds is 4. The predicted molar refractivity (Wildman–Crippen MR) is 84.8 cm³/mol. The number of nitrogens with zero attached hydrogens (tertiary/aromatic N) is 1. The molecule has 2 heteroatoms. The van der Waals surface area contributed by atoms with Crippen molar-refractivity contribution in [2.24, 2.45) is 5.92 Å². The van der Waals surface area contributed by atoms with Crippen LogP contribution < -0.4 is 5.32 Å². The molecule has 2 aliphatic rings. The molecule has 1 saturated heterocycles. The van der Waals surface area contributed by atoms with Gasteiger partial charge in [-0.15, -0.1) is 0 Å². The third kappa shape index (κ3) is 2.91. The molecule has 1 saturated carbocycles. The molecule has 1 unspecified atom stereocenters. The summed E-state index contributed by atoms with van der Waals surface area (Å²) in [5.74, 6) is 1.01. The van der Waals surface area contributed by atoms with Gasteiger partial charge in [0.05, 0.1) is 5.54 Å². The summed E-state index contributed by atoms with van der Waals surface area (Å²) >= 11 is 0. The van der Waals surface area contributed by atoms with Crippen LogP contribution in [0.2, 0.25) is 0 Å². The lowest BCUT2D eigenvalue weighted by atomic mass is 9.84. The summed E-state index contributed by atoms with van der Waals surface area (Å²) in [6.07, 6.45) is 4.29. The summed E-state index contributed by atoms with van der Waals surface area (Å²) in [5, 5.41) is 3.74. The first-order chi connectivity index (χ1) is 9.50. The molecular weight excluding hydrogens is 244 g/mol. The minimum Gasteiger partial charge on any atom is -0.308 e. The highest BCUT2D eigenvalue weighted by Crippen LogP contribution is 2.37. The molecule has 110 valence electrons. The van der Waals surface area contributed by atoms with Crippen LogP contribution in [-0.2, 0) is 5.54 Å². The highest BCUT2D eigenvalue weighted by molar-refractivity contribution is 5.26. The molecule has 3 rings (SSSR count). The van der Waals surface area contributed by atoms with Gasteiger partial charge in [0.15, 0.2) is 0 Å². The van der Waals surface area contributed by atoms with Crippen molar-refractivity contribution in [2.75, 3.05) is 19.6 Å². The number of nitrogens with one attached hydrogen (secondary N) is 1. The summed E-state index contributed by atoms with van der Waals surface area (Å²) in [7, 11) is 0. The van der Waals surface area contributed by atoms with Crippen LogP contribution in [-0.4, -0.2) is 30.1 Å². The molecule has 0 radical (unpaired) electrons. The van der Waals surface area contributed by atoms with Crippen LogP contribution in [0.3, 0.4) is 0 Å². The Bertz CT molecular complexity index is 450. The van der Waals surface area contributed by atoms with Crippen molar-refractivity contribution >= 4 is 0 Å². The van der Waals surface area contributed by atoms with Gasteiger partial charge >= 0.3 is 0 Å². The van der Waals surface area contributed by atoms with E-state index in [4.69, 9.17) is 0 Å². The molecule has 0 spiro atoms. The zero-order chi connectivity index (χ0) is 14.2. The van der Waals surface area contributed by atoms with Gasteiger partial charge in [-0.05, 0) is 45.2 Å². The fraction of sp³-hybridized carbons (Fsp3) is 0.667. The lowest BCUT2D eigenvalue weighted by molar-refractivity contribution is 0.0222. The van der Waals surface area contributed by atoms with E-state index in [0.29, 0.717) is 0 Å². The van der Waals surface area contributed by atoms with Gasteiger partial charge in [-0.3, -0.25) is 4.90 Å². The Balaban J connectivity index is 1.81. The minimum absolute atomic E-state index is 0.131. The molecule has 2 fully saturated rings. The smallest absolute Gasteiger partial charge is 0.0558 e. The second-order valence-corrected chi connectivity index (χ2v) is 7.53. The molecule has 0 bridgehead atoms. The topological polar surface area (TPSA) is 15.3 Å². The third-order valence-corrected chi connectivity index (χ3v) is 5.10. The Morgan fingerprint density at radius 3 is 2.50 bits per heavy atom. The van der Waals surface area contributed by atoms with Crippen molar-refractivity contribution < 1.29 is 0 Å². The fourth-order valence-corrected chi connectivity index (χ4v) is 3.38. The van der Waals surface area contributed by atoms with E-state index >= 15 is 0 Å². The van der Waals surface area contributed by atoms with E-state index in [1.807, 2.05) is 0 Å². The van der Waals surface area contributed by atoms with Gasteiger partial charge in [0.1, 0.15) is 0 Å². The van der Waals surface area contributed by atoms with Crippen LogP contribution in [0.4, 0.5) is 0 Å². The van der Waals surface area contributed by atoms with E-state index in [9.17, 15) is 0 Å².